The van der Waals surface area contributed by atoms with Gasteiger partial charge < -0.3 is 19.4 Å². The molecule has 178 valence electrons. The van der Waals surface area contributed by atoms with E-state index in [1.165, 1.54) is 0 Å². The summed E-state index contributed by atoms with van der Waals surface area (Å²) in [5, 5.41) is 4.14. The van der Waals surface area contributed by atoms with E-state index in [0.717, 1.165) is 28.6 Å². The lowest BCUT2D eigenvalue weighted by atomic mass is 10.0. The van der Waals surface area contributed by atoms with Crippen LogP contribution in [0.25, 0.3) is 10.9 Å². The van der Waals surface area contributed by atoms with Crippen LogP contribution in [0.3, 0.4) is 0 Å². The smallest absolute Gasteiger partial charge is 0.256 e. The van der Waals surface area contributed by atoms with Gasteiger partial charge in [-0.2, -0.15) is 0 Å². The molecule has 5 rings (SSSR count). The number of hydrogen-bond donors (Lipinski definition) is 1. The minimum absolute atomic E-state index is 0.00774. The first-order valence-electron chi connectivity index (χ1n) is 12.0. The number of benzene rings is 3. The van der Waals surface area contributed by atoms with Crippen molar-refractivity contribution in [3.05, 3.63) is 99.8 Å². The fourth-order valence-corrected chi connectivity index (χ4v) is 4.53. The summed E-state index contributed by atoms with van der Waals surface area (Å²) in [6.45, 7) is 3.35. The Morgan fingerprint density at radius 2 is 1.57 bits per heavy atom. The van der Waals surface area contributed by atoms with Gasteiger partial charge in [0.25, 0.3) is 5.56 Å². The number of pyridine rings is 1. The number of hydrogen-bond acceptors (Lipinski definition) is 5. The lowest BCUT2D eigenvalue weighted by molar-refractivity contribution is -0.119. The first-order chi connectivity index (χ1) is 17.1. The first-order valence-corrected chi connectivity index (χ1v) is 12.0. The van der Waals surface area contributed by atoms with Crippen molar-refractivity contribution in [3.8, 4) is 11.5 Å². The molecule has 0 saturated carbocycles. The van der Waals surface area contributed by atoms with Crippen LogP contribution in [0.4, 0.5) is 5.69 Å². The zero-order chi connectivity index (χ0) is 24.2. The summed E-state index contributed by atoms with van der Waals surface area (Å²) in [7, 11) is 0. The molecule has 0 spiro atoms. The number of fused-ring (bicyclic) bond motifs is 2. The molecule has 1 aromatic heterocycles. The van der Waals surface area contributed by atoms with E-state index >= 15 is 0 Å². The number of nitrogens with zero attached hydrogens (tertiary/aromatic N) is 1. The van der Waals surface area contributed by atoms with Crippen molar-refractivity contribution in [2.75, 3.05) is 18.5 Å². The van der Waals surface area contributed by atoms with Crippen LogP contribution in [-0.2, 0) is 30.7 Å². The Balaban J connectivity index is 1.52. The number of Topliss-reactive ketones (excluding diaryl/α,β-unsaturated/α-hetero) is 1. The molecule has 0 amide bonds. The van der Waals surface area contributed by atoms with Gasteiger partial charge in [-0.1, -0.05) is 49.4 Å². The predicted octanol–water partition coefficient (Wildman–Crippen LogP) is 4.76. The molecular weight excluding hydrogens is 440 g/mol. The number of rotatable bonds is 8. The molecule has 1 aliphatic heterocycles. The minimum atomic E-state index is -0.185. The quantitative estimate of drug-likeness (QED) is 0.404. The molecular formula is C29H28N2O4. The Labute approximate surface area is 204 Å². The van der Waals surface area contributed by atoms with Crippen molar-refractivity contribution in [1.82, 2.24) is 4.57 Å². The summed E-state index contributed by atoms with van der Waals surface area (Å²) in [4.78, 5) is 26.8. The van der Waals surface area contributed by atoms with E-state index in [2.05, 4.69) is 12.2 Å². The normalized spacial score (nSPS) is 12.5. The number of carbonyl (C=O) groups excluding carboxylic acids is 1. The molecule has 0 radical (unpaired) electrons. The number of anilines is 1. The maximum Gasteiger partial charge on any atom is 0.256 e. The highest BCUT2D eigenvalue weighted by Crippen LogP contribution is 2.34. The Hall–Kier alpha value is -4.06. The van der Waals surface area contributed by atoms with Crippen LogP contribution in [0.1, 0.15) is 23.6 Å². The second-order valence-corrected chi connectivity index (χ2v) is 8.67. The minimum Gasteiger partial charge on any atom is -0.486 e. The largest absolute Gasteiger partial charge is 0.486 e. The van der Waals surface area contributed by atoms with Gasteiger partial charge in [0, 0.05) is 35.7 Å². The van der Waals surface area contributed by atoms with E-state index in [0.29, 0.717) is 42.3 Å². The molecule has 6 nitrogen and oxygen atoms in total. The Morgan fingerprint density at radius 1 is 0.886 bits per heavy atom. The maximum absolute atomic E-state index is 13.6. The Morgan fingerprint density at radius 3 is 2.31 bits per heavy atom. The highest BCUT2D eigenvalue weighted by Gasteiger charge is 2.19. The van der Waals surface area contributed by atoms with Crippen LogP contribution in [0.15, 0.2) is 77.6 Å². The summed E-state index contributed by atoms with van der Waals surface area (Å²) in [6.07, 6.45) is 1.14. The Kier molecular flexibility index (Phi) is 6.53. The zero-order valence-corrected chi connectivity index (χ0v) is 19.8. The average molecular weight is 469 g/mol. The van der Waals surface area contributed by atoms with Crippen molar-refractivity contribution in [2.45, 2.75) is 32.9 Å². The molecule has 0 saturated heterocycles. The molecule has 1 aliphatic rings. The molecule has 2 heterocycles. The van der Waals surface area contributed by atoms with E-state index in [1.807, 2.05) is 72.8 Å². The van der Waals surface area contributed by atoms with Gasteiger partial charge in [0.05, 0.1) is 12.1 Å². The van der Waals surface area contributed by atoms with Crippen molar-refractivity contribution >= 4 is 22.4 Å². The van der Waals surface area contributed by atoms with Gasteiger partial charge >= 0.3 is 0 Å². The number of aryl methyl sites for hydroxylation is 1. The second-order valence-electron chi connectivity index (χ2n) is 8.67. The second kappa shape index (κ2) is 10.1. The highest BCUT2D eigenvalue weighted by atomic mass is 16.6. The van der Waals surface area contributed by atoms with Crippen molar-refractivity contribution in [2.24, 2.45) is 0 Å². The lowest BCUT2D eigenvalue weighted by Crippen LogP contribution is -2.29. The summed E-state index contributed by atoms with van der Waals surface area (Å²) < 4.78 is 13.1. The number of ketones is 1. The predicted molar refractivity (Wildman–Crippen MR) is 137 cm³/mol. The third kappa shape index (κ3) is 4.92. The van der Waals surface area contributed by atoms with E-state index in [9.17, 15) is 9.59 Å². The third-order valence-electron chi connectivity index (χ3n) is 6.31. The molecule has 0 atom stereocenters. The van der Waals surface area contributed by atoms with Crippen LogP contribution >= 0.6 is 0 Å². The number of para-hydroxylation sites is 1. The van der Waals surface area contributed by atoms with Crippen molar-refractivity contribution < 1.29 is 14.3 Å². The van der Waals surface area contributed by atoms with Gasteiger partial charge in [0.15, 0.2) is 17.3 Å². The van der Waals surface area contributed by atoms with Gasteiger partial charge in [0.2, 0.25) is 0 Å². The first kappa shape index (κ1) is 22.7. The molecule has 0 aliphatic carbocycles. The lowest BCUT2D eigenvalue weighted by Gasteiger charge is -2.21. The summed E-state index contributed by atoms with van der Waals surface area (Å²) in [5.41, 5.74) is 4.15. The Bertz CT molecular complexity index is 1430. The number of carbonyl (C=O) groups is 1. The molecule has 1 N–H and O–H groups in total. The van der Waals surface area contributed by atoms with Crippen molar-refractivity contribution in [3.63, 3.8) is 0 Å². The number of ether oxygens (including phenoxy) is 2. The molecule has 3 aromatic carbocycles. The molecule has 0 unspecified atom stereocenters. The standard InChI is InChI=1S/C29H28N2O4/c1-2-20-8-6-7-9-21(20)15-25(32)19-31-26-17-28-27(34-12-13-35-28)16-22(26)14-23(29(31)33)18-30-24-10-4-3-5-11-24/h3-11,14,16-17,30H,2,12-13,15,18-19H2,1H3. The molecule has 0 bridgehead atoms. The number of nitrogens with one attached hydrogen (secondary N) is 1. The summed E-state index contributed by atoms with van der Waals surface area (Å²) in [6, 6.07) is 23.3. The fourth-order valence-electron chi connectivity index (χ4n) is 4.53. The van der Waals surface area contributed by atoms with Gasteiger partial charge in [-0.05, 0) is 41.8 Å². The SMILES string of the molecule is CCc1ccccc1CC(=O)Cn1c(=O)c(CNc2ccccc2)cc2cc3c(cc21)OCCO3. The molecule has 35 heavy (non-hydrogen) atoms. The van der Waals surface area contributed by atoms with Crippen LogP contribution in [0.2, 0.25) is 0 Å². The molecule has 4 aromatic rings. The molecule has 0 fully saturated rings. The molecule has 6 heteroatoms. The topological polar surface area (TPSA) is 69.6 Å². The third-order valence-corrected chi connectivity index (χ3v) is 6.31. The van der Waals surface area contributed by atoms with E-state index < -0.39 is 0 Å². The van der Waals surface area contributed by atoms with E-state index in [4.69, 9.17) is 9.47 Å². The van der Waals surface area contributed by atoms with Gasteiger partial charge in [-0.25, -0.2) is 0 Å². The van der Waals surface area contributed by atoms with E-state index in [-0.39, 0.29) is 24.3 Å². The maximum atomic E-state index is 13.6. The van der Waals surface area contributed by atoms with Gasteiger partial charge in [-0.3, -0.25) is 9.59 Å². The van der Waals surface area contributed by atoms with Gasteiger partial charge in [0.1, 0.15) is 13.2 Å². The average Bonchev–Trinajstić information content (AvgIpc) is 2.89. The van der Waals surface area contributed by atoms with Crippen LogP contribution < -0.4 is 20.3 Å². The van der Waals surface area contributed by atoms with Crippen LogP contribution in [0.5, 0.6) is 11.5 Å². The fraction of sp³-hybridized carbons (Fsp3) is 0.241. The van der Waals surface area contributed by atoms with Crippen LogP contribution in [0, 0.1) is 0 Å². The summed E-state index contributed by atoms with van der Waals surface area (Å²) >= 11 is 0. The zero-order valence-electron chi connectivity index (χ0n) is 19.8. The van der Waals surface area contributed by atoms with Gasteiger partial charge in [-0.15, -0.1) is 0 Å². The summed E-state index contributed by atoms with van der Waals surface area (Å²) in [5.74, 6) is 1.23. The van der Waals surface area contributed by atoms with Crippen LogP contribution in [-0.4, -0.2) is 23.6 Å². The number of aromatic nitrogens is 1. The van der Waals surface area contributed by atoms with Crippen molar-refractivity contribution in [1.29, 1.82) is 0 Å². The highest BCUT2D eigenvalue weighted by molar-refractivity contribution is 5.87. The van der Waals surface area contributed by atoms with E-state index in [1.54, 1.807) is 4.57 Å². The monoisotopic (exact) mass is 468 g/mol.